The van der Waals surface area contributed by atoms with Gasteiger partial charge in [0, 0.05) is 5.56 Å². The van der Waals surface area contributed by atoms with E-state index in [1.807, 2.05) is 0 Å². The zero-order valence-electron chi connectivity index (χ0n) is 7.11. The highest BCUT2D eigenvalue weighted by Crippen LogP contribution is 2.00. The number of ether oxygens (including phenoxy) is 1. The Morgan fingerprint density at radius 2 is 1.69 bits per heavy atom. The van der Waals surface area contributed by atoms with Crippen LogP contribution < -0.4 is 0 Å². The average molecular weight is 182 g/mol. The second-order valence-electron chi connectivity index (χ2n) is 2.19. The van der Waals surface area contributed by atoms with E-state index in [4.69, 9.17) is 0 Å². The molecule has 0 atom stereocenters. The summed E-state index contributed by atoms with van der Waals surface area (Å²) >= 11 is 0. The smallest absolute Gasteiger partial charge is 0.379 e. The molecule has 0 aliphatic carbocycles. The minimum Gasteiger partial charge on any atom is -0.463 e. The third kappa shape index (κ3) is 2.68. The van der Waals surface area contributed by atoms with Crippen molar-refractivity contribution in [3.05, 3.63) is 35.9 Å². The highest BCUT2D eigenvalue weighted by atomic mass is 16.5. The Balaban J connectivity index is 0.00000144. The molecule has 0 unspecified atom stereocenters. The van der Waals surface area contributed by atoms with Crippen molar-refractivity contribution in [2.45, 2.75) is 0 Å². The molecule has 2 N–H and O–H groups in total. The quantitative estimate of drug-likeness (QED) is 0.373. The first-order chi connectivity index (χ1) is 5.75. The molecule has 0 aliphatic rings. The zero-order valence-corrected chi connectivity index (χ0v) is 7.11. The maximum absolute atomic E-state index is 11.1. The van der Waals surface area contributed by atoms with Crippen LogP contribution in [-0.2, 0) is 9.53 Å². The van der Waals surface area contributed by atoms with Crippen molar-refractivity contribution in [3.63, 3.8) is 0 Å². The van der Waals surface area contributed by atoms with Crippen LogP contribution in [0.25, 0.3) is 0 Å². The van der Waals surface area contributed by atoms with Crippen LogP contribution in [0.3, 0.4) is 0 Å². The Bertz CT molecular complexity index is 292. The number of benzene rings is 1. The summed E-state index contributed by atoms with van der Waals surface area (Å²) in [7, 11) is 1.18. The number of carbonyl (C=O) groups excluding carboxylic acids is 2. The van der Waals surface area contributed by atoms with E-state index in [9.17, 15) is 9.59 Å². The van der Waals surface area contributed by atoms with Crippen molar-refractivity contribution in [1.82, 2.24) is 0 Å². The van der Waals surface area contributed by atoms with Crippen molar-refractivity contribution in [2.75, 3.05) is 7.11 Å². The summed E-state index contributed by atoms with van der Waals surface area (Å²) in [5, 5.41) is 0. The van der Waals surface area contributed by atoms with E-state index < -0.39 is 11.8 Å². The van der Waals surface area contributed by atoms with E-state index in [0.717, 1.165) is 0 Å². The molecule has 0 saturated carbocycles. The predicted octanol–water partition coefficient (Wildman–Crippen LogP) is 0.218. The van der Waals surface area contributed by atoms with Crippen molar-refractivity contribution < 1.29 is 19.8 Å². The van der Waals surface area contributed by atoms with Crippen molar-refractivity contribution >= 4 is 11.8 Å². The second kappa shape index (κ2) is 5.05. The van der Waals surface area contributed by atoms with Crippen LogP contribution in [0.4, 0.5) is 0 Å². The van der Waals surface area contributed by atoms with Crippen LogP contribution in [0, 0.1) is 0 Å². The summed E-state index contributed by atoms with van der Waals surface area (Å²) in [4.78, 5) is 21.8. The number of Topliss-reactive ketones (excluding diaryl/α,β-unsaturated/α-hetero) is 1. The van der Waals surface area contributed by atoms with Gasteiger partial charge in [0.15, 0.2) is 0 Å². The Labute approximate surface area is 75.4 Å². The van der Waals surface area contributed by atoms with Gasteiger partial charge in [0.2, 0.25) is 0 Å². The van der Waals surface area contributed by atoms with E-state index in [-0.39, 0.29) is 5.48 Å². The Morgan fingerprint density at radius 3 is 2.15 bits per heavy atom. The van der Waals surface area contributed by atoms with Gasteiger partial charge in [0.05, 0.1) is 7.11 Å². The first-order valence-corrected chi connectivity index (χ1v) is 3.43. The maximum Gasteiger partial charge on any atom is 0.379 e. The monoisotopic (exact) mass is 182 g/mol. The maximum atomic E-state index is 11.1. The van der Waals surface area contributed by atoms with E-state index in [2.05, 4.69) is 4.74 Å². The molecule has 13 heavy (non-hydrogen) atoms. The summed E-state index contributed by atoms with van der Waals surface area (Å²) in [5.74, 6) is -1.45. The number of rotatable bonds is 2. The summed E-state index contributed by atoms with van der Waals surface area (Å²) in [5.41, 5.74) is 0.351. The first-order valence-electron chi connectivity index (χ1n) is 3.43. The molecule has 0 bridgehead atoms. The van der Waals surface area contributed by atoms with Crippen molar-refractivity contribution in [1.29, 1.82) is 0 Å². The molecular formula is C9H10O4. The van der Waals surface area contributed by atoms with Gasteiger partial charge >= 0.3 is 5.97 Å². The van der Waals surface area contributed by atoms with Gasteiger partial charge < -0.3 is 10.2 Å². The normalized spacial score (nSPS) is 8.38. The first kappa shape index (κ1) is 11.3. The molecule has 0 fully saturated rings. The van der Waals surface area contributed by atoms with E-state index >= 15 is 0 Å². The van der Waals surface area contributed by atoms with Gasteiger partial charge in [-0.3, -0.25) is 4.79 Å². The fourth-order valence-corrected chi connectivity index (χ4v) is 0.800. The summed E-state index contributed by atoms with van der Waals surface area (Å²) < 4.78 is 4.28. The molecule has 70 valence electrons. The van der Waals surface area contributed by atoms with E-state index in [1.54, 1.807) is 30.3 Å². The molecule has 0 radical (unpaired) electrons. The van der Waals surface area contributed by atoms with Crippen LogP contribution in [-0.4, -0.2) is 24.3 Å². The molecule has 0 amide bonds. The number of hydrogen-bond acceptors (Lipinski definition) is 3. The Morgan fingerprint density at radius 1 is 1.15 bits per heavy atom. The highest BCUT2D eigenvalue weighted by molar-refractivity contribution is 6.40. The summed E-state index contributed by atoms with van der Waals surface area (Å²) in [6, 6.07) is 8.29. The minimum atomic E-state index is -0.832. The lowest BCUT2D eigenvalue weighted by molar-refractivity contribution is -0.135. The molecule has 0 aliphatic heterocycles. The third-order valence-electron chi connectivity index (χ3n) is 1.41. The van der Waals surface area contributed by atoms with Gasteiger partial charge in [-0.05, 0) is 0 Å². The van der Waals surface area contributed by atoms with Crippen LogP contribution in [0.15, 0.2) is 30.3 Å². The molecule has 0 spiro atoms. The molecular weight excluding hydrogens is 172 g/mol. The van der Waals surface area contributed by atoms with Crippen molar-refractivity contribution in [2.24, 2.45) is 0 Å². The molecule has 0 aromatic heterocycles. The number of hydrogen-bond donors (Lipinski definition) is 0. The van der Waals surface area contributed by atoms with Gasteiger partial charge in [-0.25, -0.2) is 4.79 Å². The second-order valence-corrected chi connectivity index (χ2v) is 2.19. The average Bonchev–Trinajstić information content (AvgIpc) is 2.17. The summed E-state index contributed by atoms with van der Waals surface area (Å²) in [6.45, 7) is 0. The van der Waals surface area contributed by atoms with Crippen LogP contribution in [0.2, 0.25) is 0 Å². The number of methoxy groups -OCH3 is 1. The van der Waals surface area contributed by atoms with Crippen molar-refractivity contribution in [3.8, 4) is 0 Å². The molecule has 0 saturated heterocycles. The molecule has 1 aromatic rings. The Kier molecular flexibility index (Phi) is 4.40. The lowest BCUT2D eigenvalue weighted by atomic mass is 10.1. The third-order valence-corrected chi connectivity index (χ3v) is 1.41. The van der Waals surface area contributed by atoms with Crippen LogP contribution >= 0.6 is 0 Å². The molecule has 1 rings (SSSR count). The number of carbonyl (C=O) groups is 2. The SMILES string of the molecule is COC(=O)C(=O)c1ccccc1.O. The fourth-order valence-electron chi connectivity index (χ4n) is 0.800. The fraction of sp³-hybridized carbons (Fsp3) is 0.111. The lowest BCUT2D eigenvalue weighted by Gasteiger charge is -1.96. The molecule has 4 heteroatoms. The topological polar surface area (TPSA) is 74.9 Å². The number of ketones is 1. The standard InChI is InChI=1S/C9H8O3.H2O/c1-12-9(11)8(10)7-5-3-2-4-6-7;/h2-6H,1H3;1H2. The molecule has 4 nitrogen and oxygen atoms in total. The molecule has 1 aromatic carbocycles. The Hall–Kier alpha value is -1.68. The minimum absolute atomic E-state index is 0. The van der Waals surface area contributed by atoms with Crippen LogP contribution in [0.1, 0.15) is 10.4 Å². The van der Waals surface area contributed by atoms with E-state index in [0.29, 0.717) is 5.56 Å². The van der Waals surface area contributed by atoms with Crippen LogP contribution in [0.5, 0.6) is 0 Å². The van der Waals surface area contributed by atoms with Gasteiger partial charge in [0.1, 0.15) is 0 Å². The predicted molar refractivity (Wildman–Crippen MR) is 46.4 cm³/mol. The zero-order chi connectivity index (χ0) is 8.97. The summed E-state index contributed by atoms with van der Waals surface area (Å²) in [6.07, 6.45) is 0. The van der Waals surface area contributed by atoms with Gasteiger partial charge in [-0.2, -0.15) is 0 Å². The largest absolute Gasteiger partial charge is 0.463 e. The number of esters is 1. The van der Waals surface area contributed by atoms with Gasteiger partial charge in [-0.1, -0.05) is 30.3 Å². The highest BCUT2D eigenvalue weighted by Gasteiger charge is 2.14. The van der Waals surface area contributed by atoms with Gasteiger partial charge in [-0.15, -0.1) is 0 Å². The van der Waals surface area contributed by atoms with Gasteiger partial charge in [0.25, 0.3) is 5.78 Å². The lowest BCUT2D eigenvalue weighted by Crippen LogP contribution is -2.15. The van der Waals surface area contributed by atoms with E-state index in [1.165, 1.54) is 7.11 Å². The molecule has 0 heterocycles.